The predicted octanol–water partition coefficient (Wildman–Crippen LogP) is 2.14. The van der Waals surface area contributed by atoms with Gasteiger partial charge in [-0.05, 0) is 37.9 Å². The lowest BCUT2D eigenvalue weighted by atomic mass is 9.99. The van der Waals surface area contributed by atoms with E-state index in [4.69, 9.17) is 9.26 Å². The van der Waals surface area contributed by atoms with Crippen LogP contribution in [0, 0.1) is 5.92 Å². The Morgan fingerprint density at radius 3 is 3.08 bits per heavy atom. The molecule has 0 saturated carbocycles. The molecule has 3 heterocycles. The largest absolute Gasteiger partial charge is 0.371 e. The Balaban J connectivity index is 1.40. The number of hydrogen-bond donors (Lipinski definition) is 1. The van der Waals surface area contributed by atoms with Gasteiger partial charge in [0.15, 0.2) is 0 Å². The Morgan fingerprint density at radius 1 is 1.33 bits per heavy atom. The summed E-state index contributed by atoms with van der Waals surface area (Å²) in [5.41, 5.74) is 1.96. The van der Waals surface area contributed by atoms with E-state index in [2.05, 4.69) is 20.6 Å². The van der Waals surface area contributed by atoms with E-state index in [9.17, 15) is 0 Å². The van der Waals surface area contributed by atoms with Crippen LogP contribution in [-0.2, 0) is 18.4 Å². The van der Waals surface area contributed by atoms with E-state index in [-0.39, 0.29) is 0 Å². The first kappa shape index (κ1) is 15.3. The van der Waals surface area contributed by atoms with Crippen molar-refractivity contribution in [1.29, 1.82) is 0 Å². The average molecular weight is 327 g/mol. The lowest BCUT2D eigenvalue weighted by Gasteiger charge is -2.21. The van der Waals surface area contributed by atoms with Crippen molar-refractivity contribution in [2.45, 2.75) is 19.4 Å². The summed E-state index contributed by atoms with van der Waals surface area (Å²) in [4.78, 5) is 4.44. The number of hydrogen-bond acceptors (Lipinski definition) is 6. The number of aryl methyl sites for hydroxylation is 1. The van der Waals surface area contributed by atoms with Crippen LogP contribution in [0.4, 0.5) is 0 Å². The molecule has 126 valence electrons. The Morgan fingerprint density at radius 2 is 2.21 bits per heavy atom. The zero-order valence-electron chi connectivity index (χ0n) is 13.7. The highest BCUT2D eigenvalue weighted by Crippen LogP contribution is 2.22. The second-order valence-corrected chi connectivity index (χ2v) is 6.26. The van der Waals surface area contributed by atoms with E-state index in [1.165, 1.54) is 12.8 Å². The molecule has 0 spiro atoms. The van der Waals surface area contributed by atoms with Gasteiger partial charge < -0.3 is 14.6 Å². The molecule has 0 unspecified atom stereocenters. The van der Waals surface area contributed by atoms with Crippen molar-refractivity contribution in [3.63, 3.8) is 0 Å². The second-order valence-electron chi connectivity index (χ2n) is 6.26. The summed E-state index contributed by atoms with van der Waals surface area (Å²) in [6.45, 7) is 3.27. The van der Waals surface area contributed by atoms with Crippen molar-refractivity contribution in [2.24, 2.45) is 13.0 Å². The Labute approximate surface area is 140 Å². The summed E-state index contributed by atoms with van der Waals surface area (Å²) in [5.74, 6) is 1.73. The molecule has 1 saturated heterocycles. The summed E-state index contributed by atoms with van der Waals surface area (Å²) < 4.78 is 12.9. The lowest BCUT2D eigenvalue weighted by Crippen LogP contribution is -2.29. The highest BCUT2D eigenvalue weighted by Gasteiger charge is 2.14. The number of fused-ring (bicyclic) bond motifs is 1. The van der Waals surface area contributed by atoms with Gasteiger partial charge in [0.25, 0.3) is 5.89 Å². The van der Waals surface area contributed by atoms with Crippen LogP contribution in [-0.4, -0.2) is 39.6 Å². The van der Waals surface area contributed by atoms with Crippen molar-refractivity contribution in [1.82, 2.24) is 25.2 Å². The van der Waals surface area contributed by atoms with E-state index in [0.717, 1.165) is 36.2 Å². The van der Waals surface area contributed by atoms with Gasteiger partial charge in [-0.1, -0.05) is 17.3 Å². The van der Waals surface area contributed by atoms with Crippen LogP contribution in [0.25, 0.3) is 22.3 Å². The fourth-order valence-corrected chi connectivity index (χ4v) is 3.08. The van der Waals surface area contributed by atoms with Gasteiger partial charge in [-0.15, -0.1) is 0 Å². The van der Waals surface area contributed by atoms with Crippen molar-refractivity contribution in [3.05, 3.63) is 30.3 Å². The smallest absolute Gasteiger partial charge is 0.252 e. The SMILES string of the molecule is Cn1ncc2ccc(-c3noc(COCC4CCNCC4)n3)cc21. The van der Waals surface area contributed by atoms with Crippen LogP contribution in [0.15, 0.2) is 28.9 Å². The maximum absolute atomic E-state index is 5.75. The maximum Gasteiger partial charge on any atom is 0.252 e. The Bertz CT molecular complexity index is 819. The summed E-state index contributed by atoms with van der Waals surface area (Å²) in [6, 6.07) is 6.02. The maximum atomic E-state index is 5.75. The third-order valence-corrected chi connectivity index (χ3v) is 4.51. The lowest BCUT2D eigenvalue weighted by molar-refractivity contribution is 0.0602. The molecule has 1 fully saturated rings. The Hall–Kier alpha value is -2.25. The van der Waals surface area contributed by atoms with Gasteiger partial charge in [0, 0.05) is 18.0 Å². The minimum Gasteiger partial charge on any atom is -0.371 e. The standard InChI is InChI=1S/C17H21N5O2/c1-22-15-8-13(2-3-14(15)9-19-22)17-20-16(24-21-17)11-23-10-12-4-6-18-7-5-12/h2-3,8-9,12,18H,4-7,10-11H2,1H3. The number of piperidine rings is 1. The molecule has 0 bridgehead atoms. The van der Waals surface area contributed by atoms with Crippen molar-refractivity contribution < 1.29 is 9.26 Å². The van der Waals surface area contributed by atoms with Gasteiger partial charge >= 0.3 is 0 Å². The molecule has 1 aliphatic rings. The average Bonchev–Trinajstić information content (AvgIpc) is 3.23. The second kappa shape index (κ2) is 6.70. The van der Waals surface area contributed by atoms with Gasteiger partial charge in [-0.2, -0.15) is 10.1 Å². The third-order valence-electron chi connectivity index (χ3n) is 4.51. The molecule has 24 heavy (non-hydrogen) atoms. The molecule has 1 aromatic carbocycles. The molecule has 0 radical (unpaired) electrons. The number of nitrogens with one attached hydrogen (secondary N) is 1. The van der Waals surface area contributed by atoms with Gasteiger partial charge in [-0.3, -0.25) is 4.68 Å². The van der Waals surface area contributed by atoms with Gasteiger partial charge in [0.1, 0.15) is 6.61 Å². The first-order chi connectivity index (χ1) is 11.8. The van der Waals surface area contributed by atoms with Crippen LogP contribution in [0.2, 0.25) is 0 Å². The topological polar surface area (TPSA) is 78.0 Å². The van der Waals surface area contributed by atoms with Crippen LogP contribution in [0.3, 0.4) is 0 Å². The summed E-state index contributed by atoms with van der Waals surface area (Å²) in [6.07, 6.45) is 4.18. The molecule has 0 amide bonds. The normalized spacial score (nSPS) is 16.0. The number of aromatic nitrogens is 4. The van der Waals surface area contributed by atoms with Crippen LogP contribution < -0.4 is 5.32 Å². The zero-order valence-corrected chi connectivity index (χ0v) is 13.7. The fourth-order valence-electron chi connectivity index (χ4n) is 3.08. The predicted molar refractivity (Wildman–Crippen MR) is 89.3 cm³/mol. The van der Waals surface area contributed by atoms with E-state index in [1.54, 1.807) is 0 Å². The molecule has 2 aromatic heterocycles. The van der Waals surface area contributed by atoms with Crippen molar-refractivity contribution >= 4 is 10.9 Å². The molecule has 4 rings (SSSR count). The highest BCUT2D eigenvalue weighted by molar-refractivity contribution is 5.83. The van der Waals surface area contributed by atoms with Crippen molar-refractivity contribution in [3.8, 4) is 11.4 Å². The van der Waals surface area contributed by atoms with Gasteiger partial charge in [0.2, 0.25) is 5.82 Å². The molecule has 7 nitrogen and oxygen atoms in total. The third kappa shape index (κ3) is 3.18. The highest BCUT2D eigenvalue weighted by atomic mass is 16.5. The van der Waals surface area contributed by atoms with E-state index < -0.39 is 0 Å². The van der Waals surface area contributed by atoms with E-state index >= 15 is 0 Å². The number of nitrogens with zero attached hydrogens (tertiary/aromatic N) is 4. The molecular weight excluding hydrogens is 306 g/mol. The molecule has 0 aliphatic carbocycles. The van der Waals surface area contributed by atoms with Gasteiger partial charge in [0.05, 0.1) is 18.3 Å². The van der Waals surface area contributed by atoms with Crippen LogP contribution in [0.1, 0.15) is 18.7 Å². The molecule has 1 N–H and O–H groups in total. The van der Waals surface area contributed by atoms with Crippen molar-refractivity contribution in [2.75, 3.05) is 19.7 Å². The molecule has 1 aliphatic heterocycles. The molecule has 3 aromatic rings. The molecule has 7 heteroatoms. The minimum atomic E-state index is 0.366. The first-order valence-electron chi connectivity index (χ1n) is 8.33. The van der Waals surface area contributed by atoms with Gasteiger partial charge in [-0.25, -0.2) is 0 Å². The van der Waals surface area contributed by atoms with Crippen LogP contribution in [0.5, 0.6) is 0 Å². The van der Waals surface area contributed by atoms with Crippen LogP contribution >= 0.6 is 0 Å². The number of benzene rings is 1. The van der Waals surface area contributed by atoms with E-state index in [1.807, 2.05) is 36.1 Å². The fraction of sp³-hybridized carbons (Fsp3) is 0.471. The quantitative estimate of drug-likeness (QED) is 0.773. The zero-order chi connectivity index (χ0) is 16.4. The molecule has 0 atom stereocenters. The molecular formula is C17H21N5O2. The summed E-state index contributed by atoms with van der Waals surface area (Å²) in [5, 5.41) is 12.8. The number of rotatable bonds is 5. The summed E-state index contributed by atoms with van der Waals surface area (Å²) in [7, 11) is 1.92. The van der Waals surface area contributed by atoms with E-state index in [0.29, 0.717) is 24.2 Å². The monoisotopic (exact) mass is 327 g/mol. The number of ether oxygens (including phenoxy) is 1. The Kier molecular flexibility index (Phi) is 4.27. The summed E-state index contributed by atoms with van der Waals surface area (Å²) >= 11 is 0. The first-order valence-corrected chi connectivity index (χ1v) is 8.33. The minimum absolute atomic E-state index is 0.366.